The van der Waals surface area contributed by atoms with Crippen LogP contribution in [0, 0.1) is 0 Å². The molecule has 142 valence electrons. The normalized spacial score (nSPS) is 17.3. The van der Waals surface area contributed by atoms with Crippen molar-refractivity contribution in [3.8, 4) is 0 Å². The molecule has 0 bridgehead atoms. The summed E-state index contributed by atoms with van der Waals surface area (Å²) < 4.78 is 2.02. The number of aromatic nitrogens is 5. The number of nitrogens with zero attached hydrogens (tertiary/aromatic N) is 6. The van der Waals surface area contributed by atoms with Crippen LogP contribution in [0.15, 0.2) is 49.2 Å². The minimum Gasteiger partial charge on any atom is -0.364 e. The van der Waals surface area contributed by atoms with Gasteiger partial charge in [0.1, 0.15) is 23.6 Å². The van der Waals surface area contributed by atoms with Crippen molar-refractivity contribution in [2.45, 2.75) is 38.8 Å². The zero-order chi connectivity index (χ0) is 18.9. The maximum atomic E-state index is 4.66. The van der Waals surface area contributed by atoms with Gasteiger partial charge in [0, 0.05) is 30.4 Å². The van der Waals surface area contributed by atoms with E-state index >= 15 is 0 Å². The summed E-state index contributed by atoms with van der Waals surface area (Å²) in [6.07, 6.45) is 11.2. The third kappa shape index (κ3) is 3.13. The molecule has 1 atom stereocenters. The van der Waals surface area contributed by atoms with E-state index in [9.17, 15) is 0 Å². The average Bonchev–Trinajstić information content (AvgIpc) is 3.15. The minimum atomic E-state index is 0.512. The Bertz CT molecular complexity index is 1090. The first-order chi connectivity index (χ1) is 13.8. The summed E-state index contributed by atoms with van der Waals surface area (Å²) in [5.41, 5.74) is 2.76. The molecule has 0 aliphatic carbocycles. The van der Waals surface area contributed by atoms with Crippen LogP contribution in [-0.4, -0.2) is 36.9 Å². The number of imidazole rings is 1. The van der Waals surface area contributed by atoms with Crippen molar-refractivity contribution in [2.24, 2.45) is 0 Å². The monoisotopic (exact) mass is 373 g/mol. The number of anilines is 2. The first kappa shape index (κ1) is 16.9. The Morgan fingerprint density at radius 3 is 3.04 bits per heavy atom. The van der Waals surface area contributed by atoms with Gasteiger partial charge in [0.05, 0.1) is 24.0 Å². The Morgan fingerprint density at radius 2 is 2.14 bits per heavy atom. The molecule has 1 saturated heterocycles. The Hall–Kier alpha value is -3.22. The number of fused-ring (bicyclic) bond motifs is 2. The van der Waals surface area contributed by atoms with Crippen molar-refractivity contribution in [1.82, 2.24) is 24.3 Å². The van der Waals surface area contributed by atoms with E-state index in [2.05, 4.69) is 43.1 Å². The van der Waals surface area contributed by atoms with Crippen LogP contribution in [0.3, 0.4) is 0 Å². The Kier molecular flexibility index (Phi) is 4.27. The van der Waals surface area contributed by atoms with E-state index in [4.69, 9.17) is 0 Å². The SMILES string of the molecule is C[C@@H]1CCCCN1c1cc2c(NCc3cn4ccccc4n3)ncnc2cn1. The van der Waals surface area contributed by atoms with Gasteiger partial charge in [0.15, 0.2) is 0 Å². The van der Waals surface area contributed by atoms with Gasteiger partial charge in [-0.2, -0.15) is 0 Å². The van der Waals surface area contributed by atoms with E-state index in [1.807, 2.05) is 41.2 Å². The van der Waals surface area contributed by atoms with Crippen molar-refractivity contribution in [2.75, 3.05) is 16.8 Å². The number of hydrogen-bond donors (Lipinski definition) is 1. The lowest BCUT2D eigenvalue weighted by atomic mass is 10.0. The zero-order valence-electron chi connectivity index (χ0n) is 15.9. The summed E-state index contributed by atoms with van der Waals surface area (Å²) in [6.45, 7) is 3.93. The number of nitrogens with one attached hydrogen (secondary N) is 1. The summed E-state index contributed by atoms with van der Waals surface area (Å²) >= 11 is 0. The third-order valence-corrected chi connectivity index (χ3v) is 5.46. The van der Waals surface area contributed by atoms with Gasteiger partial charge in [-0.05, 0) is 44.4 Å². The molecule has 0 amide bonds. The summed E-state index contributed by atoms with van der Waals surface area (Å²) in [7, 11) is 0. The van der Waals surface area contributed by atoms with Crippen LogP contribution in [0.1, 0.15) is 31.9 Å². The van der Waals surface area contributed by atoms with Gasteiger partial charge in [-0.15, -0.1) is 0 Å². The van der Waals surface area contributed by atoms with Gasteiger partial charge < -0.3 is 14.6 Å². The Labute approximate surface area is 163 Å². The largest absolute Gasteiger partial charge is 0.364 e. The van der Waals surface area contributed by atoms with E-state index in [1.54, 1.807) is 6.33 Å². The van der Waals surface area contributed by atoms with Crippen molar-refractivity contribution >= 4 is 28.2 Å². The van der Waals surface area contributed by atoms with E-state index in [-0.39, 0.29) is 0 Å². The maximum Gasteiger partial charge on any atom is 0.137 e. The van der Waals surface area contributed by atoms with E-state index < -0.39 is 0 Å². The van der Waals surface area contributed by atoms with Crippen LogP contribution in [0.25, 0.3) is 16.6 Å². The van der Waals surface area contributed by atoms with Crippen LogP contribution in [-0.2, 0) is 6.54 Å². The molecule has 1 N–H and O–H groups in total. The molecule has 0 unspecified atom stereocenters. The van der Waals surface area contributed by atoms with Crippen molar-refractivity contribution in [3.05, 3.63) is 54.9 Å². The Balaban J connectivity index is 1.44. The van der Waals surface area contributed by atoms with Crippen LogP contribution in [0.4, 0.5) is 11.6 Å². The molecular formula is C21H23N7. The summed E-state index contributed by atoms with van der Waals surface area (Å²) in [6, 6.07) is 8.62. The molecule has 1 fully saturated rings. The molecule has 5 heterocycles. The van der Waals surface area contributed by atoms with Crippen LogP contribution in [0.2, 0.25) is 0 Å². The molecule has 5 rings (SSSR count). The molecule has 4 aromatic heterocycles. The fourth-order valence-electron chi connectivity index (χ4n) is 3.93. The van der Waals surface area contributed by atoms with Crippen molar-refractivity contribution in [1.29, 1.82) is 0 Å². The standard InChI is InChI=1S/C21H23N7/c1-15-6-2-5-9-28(15)20-10-17-18(12-22-20)24-14-25-21(17)23-11-16-13-27-8-4-3-7-19(27)26-16/h3-4,7-8,10,12-15H,2,5-6,9,11H2,1H3,(H,23,24,25)/t15-/m1/s1. The molecule has 7 nitrogen and oxygen atoms in total. The van der Waals surface area contributed by atoms with E-state index in [0.717, 1.165) is 40.4 Å². The van der Waals surface area contributed by atoms with Crippen LogP contribution in [0.5, 0.6) is 0 Å². The first-order valence-electron chi connectivity index (χ1n) is 9.82. The topological polar surface area (TPSA) is 71.2 Å². The molecular weight excluding hydrogens is 350 g/mol. The van der Waals surface area contributed by atoms with Gasteiger partial charge in [0.25, 0.3) is 0 Å². The van der Waals surface area contributed by atoms with Gasteiger partial charge in [-0.1, -0.05) is 6.07 Å². The molecule has 0 spiro atoms. The summed E-state index contributed by atoms with van der Waals surface area (Å²) in [5.74, 6) is 1.82. The predicted octanol–water partition coefficient (Wildman–Crippen LogP) is 3.66. The molecule has 1 aliphatic rings. The first-order valence-corrected chi connectivity index (χ1v) is 9.82. The molecule has 0 radical (unpaired) electrons. The minimum absolute atomic E-state index is 0.512. The van der Waals surface area contributed by atoms with Crippen molar-refractivity contribution in [3.63, 3.8) is 0 Å². The van der Waals surface area contributed by atoms with Gasteiger partial charge in [-0.25, -0.2) is 19.9 Å². The highest BCUT2D eigenvalue weighted by Crippen LogP contribution is 2.27. The lowest BCUT2D eigenvalue weighted by Crippen LogP contribution is -2.37. The molecule has 7 heteroatoms. The second-order valence-electron chi connectivity index (χ2n) is 7.37. The highest BCUT2D eigenvalue weighted by Gasteiger charge is 2.20. The van der Waals surface area contributed by atoms with Gasteiger partial charge in [-0.3, -0.25) is 0 Å². The number of pyridine rings is 2. The fourth-order valence-corrected chi connectivity index (χ4v) is 3.93. The molecule has 1 aliphatic heterocycles. The van der Waals surface area contributed by atoms with E-state index in [0.29, 0.717) is 12.6 Å². The Morgan fingerprint density at radius 1 is 1.18 bits per heavy atom. The fraction of sp³-hybridized carbons (Fsp3) is 0.333. The highest BCUT2D eigenvalue weighted by atomic mass is 15.2. The summed E-state index contributed by atoms with van der Waals surface area (Å²) in [4.78, 5) is 20.6. The van der Waals surface area contributed by atoms with E-state index in [1.165, 1.54) is 19.3 Å². The second kappa shape index (κ2) is 7.07. The molecule has 0 aromatic carbocycles. The van der Waals surface area contributed by atoms with Gasteiger partial charge >= 0.3 is 0 Å². The van der Waals surface area contributed by atoms with Crippen LogP contribution >= 0.6 is 0 Å². The van der Waals surface area contributed by atoms with Crippen molar-refractivity contribution < 1.29 is 0 Å². The second-order valence-corrected chi connectivity index (χ2v) is 7.37. The number of rotatable bonds is 4. The zero-order valence-corrected chi connectivity index (χ0v) is 15.9. The molecule has 28 heavy (non-hydrogen) atoms. The lowest BCUT2D eigenvalue weighted by Gasteiger charge is -2.34. The van der Waals surface area contributed by atoms with Gasteiger partial charge in [0.2, 0.25) is 0 Å². The maximum absolute atomic E-state index is 4.66. The molecule has 4 aromatic rings. The smallest absolute Gasteiger partial charge is 0.137 e. The highest BCUT2D eigenvalue weighted by molar-refractivity contribution is 5.90. The molecule has 0 saturated carbocycles. The number of hydrogen-bond acceptors (Lipinski definition) is 6. The predicted molar refractivity (Wildman–Crippen MR) is 111 cm³/mol. The van der Waals surface area contributed by atoms with Crippen LogP contribution < -0.4 is 10.2 Å². The average molecular weight is 373 g/mol. The number of piperidine rings is 1. The summed E-state index contributed by atoms with van der Waals surface area (Å²) in [5, 5.41) is 4.43. The lowest BCUT2D eigenvalue weighted by molar-refractivity contribution is 0.481. The third-order valence-electron chi connectivity index (χ3n) is 5.46. The quantitative estimate of drug-likeness (QED) is 0.589.